The molecule has 6 heteroatoms. The summed E-state index contributed by atoms with van der Waals surface area (Å²) >= 11 is 3.13. The van der Waals surface area contributed by atoms with Crippen LogP contribution < -0.4 is 11.5 Å². The molecule has 0 aliphatic rings. The fourth-order valence-electron chi connectivity index (χ4n) is 3.22. The minimum Gasteiger partial charge on any atom is -0.399 e. The van der Waals surface area contributed by atoms with Gasteiger partial charge in [0.25, 0.3) is 0 Å². The summed E-state index contributed by atoms with van der Waals surface area (Å²) in [7, 11) is 0. The predicted octanol–water partition coefficient (Wildman–Crippen LogP) is 6.25. The minimum atomic E-state index is 0.727. The van der Waals surface area contributed by atoms with Crippen molar-refractivity contribution in [3.63, 3.8) is 0 Å². The summed E-state index contributed by atoms with van der Waals surface area (Å²) in [4.78, 5) is 12.0. The van der Waals surface area contributed by atoms with E-state index in [1.165, 1.54) is 0 Å². The van der Waals surface area contributed by atoms with Crippen molar-refractivity contribution in [2.24, 2.45) is 0 Å². The number of anilines is 2. The molecule has 4 aromatic carbocycles. The maximum atomic E-state index is 5.97. The molecule has 0 aliphatic carbocycles. The Balaban J connectivity index is 1.65. The lowest BCUT2D eigenvalue weighted by Gasteiger charge is -2.11. The Hall–Kier alpha value is -3.22. The fourth-order valence-corrected chi connectivity index (χ4v) is 5.16. The summed E-state index contributed by atoms with van der Waals surface area (Å²) in [5.41, 5.74) is 15.1. The highest BCUT2D eigenvalue weighted by Gasteiger charge is 2.14. The highest BCUT2D eigenvalue weighted by Crippen LogP contribution is 2.38. The molecule has 5 aromatic rings. The minimum absolute atomic E-state index is 0.727. The summed E-state index contributed by atoms with van der Waals surface area (Å²) in [6, 6.07) is 28.1. The first kappa shape index (κ1) is 18.8. The van der Waals surface area contributed by atoms with Gasteiger partial charge in [0.2, 0.25) is 0 Å². The molecule has 1 heterocycles. The molecule has 0 aliphatic heterocycles. The SMILES string of the molecule is Nc1cccc(Sc2nc3cc4ccccc4cc3nc2Sc2cccc(N)c2)c1. The van der Waals surface area contributed by atoms with Crippen LogP contribution in [0.3, 0.4) is 0 Å². The zero-order valence-electron chi connectivity index (χ0n) is 15.9. The molecule has 0 radical (unpaired) electrons. The number of hydrogen-bond donors (Lipinski definition) is 2. The van der Waals surface area contributed by atoms with Crippen molar-refractivity contribution in [1.82, 2.24) is 9.97 Å². The van der Waals surface area contributed by atoms with E-state index in [-0.39, 0.29) is 0 Å². The number of nitrogens with two attached hydrogens (primary N) is 2. The van der Waals surface area contributed by atoms with E-state index in [2.05, 4.69) is 24.3 Å². The lowest BCUT2D eigenvalue weighted by Crippen LogP contribution is -1.94. The number of hydrogen-bond acceptors (Lipinski definition) is 6. The molecule has 4 N–H and O–H groups in total. The third kappa shape index (κ3) is 3.92. The highest BCUT2D eigenvalue weighted by molar-refractivity contribution is 8.02. The molecule has 0 spiro atoms. The molecule has 4 nitrogen and oxygen atoms in total. The molecule has 5 rings (SSSR count). The number of nitrogen functional groups attached to an aromatic ring is 2. The van der Waals surface area contributed by atoms with Crippen molar-refractivity contribution in [3.05, 3.63) is 84.9 Å². The van der Waals surface area contributed by atoms with Crippen molar-refractivity contribution in [3.8, 4) is 0 Å². The summed E-state index contributed by atoms with van der Waals surface area (Å²) < 4.78 is 0. The molecule has 0 fully saturated rings. The van der Waals surface area contributed by atoms with Crippen molar-refractivity contribution in [2.75, 3.05) is 11.5 Å². The molecule has 146 valence electrons. The van der Waals surface area contributed by atoms with E-state index < -0.39 is 0 Å². The van der Waals surface area contributed by atoms with Gasteiger partial charge in [0.05, 0.1) is 11.0 Å². The zero-order valence-corrected chi connectivity index (χ0v) is 17.6. The maximum Gasteiger partial charge on any atom is 0.134 e. The van der Waals surface area contributed by atoms with Crippen LogP contribution in [-0.2, 0) is 0 Å². The molecule has 0 atom stereocenters. The van der Waals surface area contributed by atoms with Crippen LogP contribution in [0.5, 0.6) is 0 Å². The zero-order chi connectivity index (χ0) is 20.5. The Kier molecular flexibility index (Phi) is 4.94. The second-order valence-electron chi connectivity index (χ2n) is 6.87. The van der Waals surface area contributed by atoms with E-state index >= 15 is 0 Å². The summed E-state index contributed by atoms with van der Waals surface area (Å²) in [6.45, 7) is 0. The van der Waals surface area contributed by atoms with Gasteiger partial charge >= 0.3 is 0 Å². The predicted molar refractivity (Wildman–Crippen MR) is 127 cm³/mol. The Bertz CT molecular complexity index is 1280. The van der Waals surface area contributed by atoms with Gasteiger partial charge in [0.15, 0.2) is 0 Å². The highest BCUT2D eigenvalue weighted by atomic mass is 32.2. The number of nitrogens with zero attached hydrogens (tertiary/aromatic N) is 2. The summed E-state index contributed by atoms with van der Waals surface area (Å²) in [5, 5.41) is 3.98. The van der Waals surface area contributed by atoms with E-state index in [0.717, 1.165) is 53.0 Å². The van der Waals surface area contributed by atoms with Crippen LogP contribution in [-0.4, -0.2) is 9.97 Å². The third-order valence-corrected chi connectivity index (χ3v) is 6.68. The van der Waals surface area contributed by atoms with Gasteiger partial charge in [-0.25, -0.2) is 9.97 Å². The molecular formula is C24H18N4S2. The molecular weight excluding hydrogens is 408 g/mol. The van der Waals surface area contributed by atoms with Crippen molar-refractivity contribution in [1.29, 1.82) is 0 Å². The average molecular weight is 427 g/mol. The topological polar surface area (TPSA) is 77.8 Å². The average Bonchev–Trinajstić information content (AvgIpc) is 2.73. The van der Waals surface area contributed by atoms with Gasteiger partial charge < -0.3 is 11.5 Å². The largest absolute Gasteiger partial charge is 0.399 e. The van der Waals surface area contributed by atoms with Gasteiger partial charge in [-0.15, -0.1) is 0 Å². The smallest absolute Gasteiger partial charge is 0.134 e. The van der Waals surface area contributed by atoms with Crippen LogP contribution in [0.4, 0.5) is 11.4 Å². The lowest BCUT2D eigenvalue weighted by molar-refractivity contribution is 0.969. The second kappa shape index (κ2) is 7.89. The van der Waals surface area contributed by atoms with E-state index in [1.54, 1.807) is 23.5 Å². The number of benzene rings is 4. The third-order valence-electron chi connectivity index (χ3n) is 4.62. The van der Waals surface area contributed by atoms with Gasteiger partial charge in [0.1, 0.15) is 10.1 Å². The second-order valence-corrected chi connectivity index (χ2v) is 9.00. The van der Waals surface area contributed by atoms with E-state index in [1.807, 2.05) is 60.7 Å². The first-order valence-electron chi connectivity index (χ1n) is 9.41. The van der Waals surface area contributed by atoms with Crippen molar-refractivity contribution in [2.45, 2.75) is 19.8 Å². The van der Waals surface area contributed by atoms with Gasteiger partial charge in [-0.1, -0.05) is 59.9 Å². The van der Waals surface area contributed by atoms with E-state index in [0.29, 0.717) is 0 Å². The Morgan fingerprint density at radius 1 is 0.533 bits per heavy atom. The van der Waals surface area contributed by atoms with Crippen LogP contribution in [0.25, 0.3) is 21.8 Å². The fraction of sp³-hybridized carbons (Fsp3) is 0. The lowest BCUT2D eigenvalue weighted by atomic mass is 10.1. The maximum absolute atomic E-state index is 5.97. The standard InChI is InChI=1S/C24H18N4S2/c25-17-7-3-9-19(13-17)29-23-24(30-20-10-4-8-18(26)14-20)28-22-12-16-6-2-1-5-15(16)11-21(22)27-23/h1-14H,25-26H2. The number of aromatic nitrogens is 2. The Morgan fingerprint density at radius 3 is 1.43 bits per heavy atom. The van der Waals surface area contributed by atoms with Gasteiger partial charge in [-0.3, -0.25) is 0 Å². The first-order valence-corrected chi connectivity index (χ1v) is 11.0. The quantitative estimate of drug-likeness (QED) is 0.261. The van der Waals surface area contributed by atoms with Crippen LogP contribution in [0.15, 0.2) is 105 Å². The van der Waals surface area contributed by atoms with Crippen LogP contribution in [0.2, 0.25) is 0 Å². The number of rotatable bonds is 4. The summed E-state index contributed by atoms with van der Waals surface area (Å²) in [5.74, 6) is 0. The molecule has 0 saturated carbocycles. The van der Waals surface area contributed by atoms with E-state index in [9.17, 15) is 0 Å². The van der Waals surface area contributed by atoms with Crippen molar-refractivity contribution < 1.29 is 0 Å². The van der Waals surface area contributed by atoms with Gasteiger partial charge in [0, 0.05) is 21.2 Å². The molecule has 0 bridgehead atoms. The first-order chi connectivity index (χ1) is 14.6. The van der Waals surface area contributed by atoms with Gasteiger partial charge in [-0.2, -0.15) is 0 Å². The molecule has 0 saturated heterocycles. The Morgan fingerprint density at radius 2 is 1.00 bits per heavy atom. The monoisotopic (exact) mass is 426 g/mol. The Labute approximate surface area is 182 Å². The van der Waals surface area contributed by atoms with Crippen molar-refractivity contribution >= 4 is 56.7 Å². The molecule has 0 amide bonds. The molecule has 0 unspecified atom stereocenters. The summed E-state index contributed by atoms with van der Waals surface area (Å²) in [6.07, 6.45) is 0. The molecule has 30 heavy (non-hydrogen) atoms. The van der Waals surface area contributed by atoms with Gasteiger partial charge in [-0.05, 0) is 59.3 Å². The van der Waals surface area contributed by atoms with Crippen LogP contribution in [0.1, 0.15) is 0 Å². The normalized spacial score (nSPS) is 11.2. The van der Waals surface area contributed by atoms with E-state index in [4.69, 9.17) is 21.4 Å². The van der Waals surface area contributed by atoms with Crippen LogP contribution >= 0.6 is 23.5 Å². The van der Waals surface area contributed by atoms with Crippen LogP contribution in [0, 0.1) is 0 Å². The molecule has 1 aromatic heterocycles. The number of fused-ring (bicyclic) bond motifs is 2.